The van der Waals surface area contributed by atoms with E-state index in [1.165, 1.54) is 0 Å². The molecule has 0 radical (unpaired) electrons. The van der Waals surface area contributed by atoms with Gasteiger partial charge in [0.25, 0.3) is 0 Å². The van der Waals surface area contributed by atoms with Crippen LogP contribution in [0.1, 0.15) is 11.7 Å². The lowest BCUT2D eigenvalue weighted by Gasteiger charge is -2.19. The maximum atomic E-state index is 6.14. The molecule has 0 aliphatic heterocycles. The normalized spacial score (nSPS) is 12.2. The van der Waals surface area contributed by atoms with Gasteiger partial charge in [-0.05, 0) is 18.2 Å². The van der Waals surface area contributed by atoms with Gasteiger partial charge in [0.2, 0.25) is 0 Å². The lowest BCUT2D eigenvalue weighted by molar-refractivity contribution is 0.214. The highest BCUT2D eigenvalue weighted by Crippen LogP contribution is 2.31. The number of ether oxygens (including phenoxy) is 1. The van der Waals surface area contributed by atoms with E-state index >= 15 is 0 Å². The Hall–Kier alpha value is -0.930. The molecule has 0 saturated carbocycles. The molecule has 1 atom stereocenters. The molecule has 2 N–H and O–H groups in total. The van der Waals surface area contributed by atoms with E-state index in [-0.39, 0.29) is 6.10 Å². The highest BCUT2D eigenvalue weighted by molar-refractivity contribution is 6.42. The first-order valence-corrected chi connectivity index (χ1v) is 6.81. The zero-order valence-electron chi connectivity index (χ0n) is 9.95. The monoisotopic (exact) mass is 315 g/mol. The van der Waals surface area contributed by atoms with Crippen molar-refractivity contribution in [2.24, 2.45) is 5.73 Å². The first-order valence-electron chi connectivity index (χ1n) is 5.68. The van der Waals surface area contributed by atoms with Crippen LogP contribution in [0.4, 0.5) is 0 Å². The zero-order valence-corrected chi connectivity index (χ0v) is 12.2. The van der Waals surface area contributed by atoms with Gasteiger partial charge in [0.15, 0.2) is 0 Å². The summed E-state index contributed by atoms with van der Waals surface area (Å²) in [5.74, 6) is 0.602. The second-order valence-corrected chi connectivity index (χ2v) is 5.16. The van der Waals surface area contributed by atoms with Gasteiger partial charge in [0.05, 0.1) is 10.0 Å². The first kappa shape index (κ1) is 14.5. The molecule has 0 heterocycles. The summed E-state index contributed by atoms with van der Waals surface area (Å²) in [6, 6.07) is 12.5. The molecule has 0 fully saturated rings. The highest BCUT2D eigenvalue weighted by atomic mass is 35.5. The van der Waals surface area contributed by atoms with Crippen molar-refractivity contribution in [2.75, 3.05) is 6.54 Å². The minimum atomic E-state index is -0.328. The summed E-state index contributed by atoms with van der Waals surface area (Å²) >= 11 is 17.9. The SMILES string of the molecule is NCC(Oc1ccc(Cl)c(Cl)c1)c1ccccc1Cl. The topological polar surface area (TPSA) is 35.2 Å². The average Bonchev–Trinajstić information content (AvgIpc) is 2.41. The Bertz CT molecular complexity index is 574. The Morgan fingerprint density at radius 2 is 1.68 bits per heavy atom. The van der Waals surface area contributed by atoms with Crippen LogP contribution < -0.4 is 10.5 Å². The molecule has 2 aromatic rings. The molecule has 2 aromatic carbocycles. The molecule has 5 heteroatoms. The fourth-order valence-electron chi connectivity index (χ4n) is 1.69. The van der Waals surface area contributed by atoms with Gasteiger partial charge in [-0.3, -0.25) is 0 Å². The number of benzene rings is 2. The van der Waals surface area contributed by atoms with Crippen LogP contribution in [0.15, 0.2) is 42.5 Å². The molecule has 2 rings (SSSR count). The lowest BCUT2D eigenvalue weighted by atomic mass is 10.1. The van der Waals surface area contributed by atoms with Crippen LogP contribution in [0.2, 0.25) is 15.1 Å². The molecular weight excluding hydrogens is 305 g/mol. The number of halogens is 3. The van der Waals surface area contributed by atoms with Gasteiger partial charge >= 0.3 is 0 Å². The van der Waals surface area contributed by atoms with Gasteiger partial charge in [-0.1, -0.05) is 53.0 Å². The minimum absolute atomic E-state index is 0.310. The Morgan fingerprint density at radius 1 is 0.947 bits per heavy atom. The molecule has 0 aromatic heterocycles. The Kier molecular flexibility index (Phi) is 4.94. The van der Waals surface area contributed by atoms with E-state index in [0.29, 0.717) is 27.4 Å². The molecule has 0 bridgehead atoms. The van der Waals surface area contributed by atoms with Crippen LogP contribution in [-0.4, -0.2) is 6.54 Å². The summed E-state index contributed by atoms with van der Waals surface area (Å²) in [7, 11) is 0. The maximum absolute atomic E-state index is 6.14. The van der Waals surface area contributed by atoms with E-state index in [9.17, 15) is 0 Å². The lowest BCUT2D eigenvalue weighted by Crippen LogP contribution is -2.18. The van der Waals surface area contributed by atoms with Crippen molar-refractivity contribution >= 4 is 34.8 Å². The molecule has 0 aliphatic carbocycles. The van der Waals surface area contributed by atoms with Crippen LogP contribution in [0.25, 0.3) is 0 Å². The molecule has 0 spiro atoms. The molecule has 0 amide bonds. The Labute approximate surface area is 127 Å². The van der Waals surface area contributed by atoms with Gasteiger partial charge < -0.3 is 10.5 Å². The molecule has 0 saturated heterocycles. The number of rotatable bonds is 4. The third-order valence-corrected chi connectivity index (χ3v) is 3.72. The summed E-state index contributed by atoms with van der Waals surface area (Å²) in [6.07, 6.45) is -0.328. The van der Waals surface area contributed by atoms with Crippen LogP contribution in [0, 0.1) is 0 Å². The Balaban J connectivity index is 2.24. The molecule has 100 valence electrons. The average molecular weight is 317 g/mol. The molecule has 19 heavy (non-hydrogen) atoms. The summed E-state index contributed by atoms with van der Waals surface area (Å²) in [5, 5.41) is 1.54. The van der Waals surface area contributed by atoms with Gasteiger partial charge in [-0.15, -0.1) is 0 Å². The van der Waals surface area contributed by atoms with E-state index in [1.54, 1.807) is 24.3 Å². The van der Waals surface area contributed by atoms with Gasteiger partial charge in [0, 0.05) is 23.2 Å². The quantitative estimate of drug-likeness (QED) is 0.885. The van der Waals surface area contributed by atoms with Gasteiger partial charge in [-0.25, -0.2) is 0 Å². The summed E-state index contributed by atoms with van der Waals surface area (Å²) in [5.41, 5.74) is 6.59. The third-order valence-electron chi connectivity index (χ3n) is 2.64. The van der Waals surface area contributed by atoms with E-state index < -0.39 is 0 Å². The predicted molar refractivity (Wildman–Crippen MR) is 80.3 cm³/mol. The van der Waals surface area contributed by atoms with Crippen LogP contribution in [0.3, 0.4) is 0 Å². The summed E-state index contributed by atoms with van der Waals surface area (Å²) in [6.45, 7) is 0.310. The fraction of sp³-hybridized carbons (Fsp3) is 0.143. The molecule has 1 unspecified atom stereocenters. The summed E-state index contributed by atoms with van der Waals surface area (Å²) in [4.78, 5) is 0. The van der Waals surface area contributed by atoms with Crippen molar-refractivity contribution in [2.45, 2.75) is 6.10 Å². The smallest absolute Gasteiger partial charge is 0.137 e. The van der Waals surface area contributed by atoms with E-state index in [4.69, 9.17) is 45.3 Å². The van der Waals surface area contributed by atoms with E-state index in [2.05, 4.69) is 0 Å². The number of nitrogens with two attached hydrogens (primary N) is 1. The first-order chi connectivity index (χ1) is 9.11. The van der Waals surface area contributed by atoms with Crippen molar-refractivity contribution in [1.29, 1.82) is 0 Å². The standard InChI is InChI=1S/C14H12Cl3NO/c15-11-4-2-1-3-10(11)14(8-18)19-9-5-6-12(16)13(17)7-9/h1-7,14H,8,18H2. The molecule has 2 nitrogen and oxygen atoms in total. The highest BCUT2D eigenvalue weighted by Gasteiger charge is 2.15. The van der Waals surface area contributed by atoms with Crippen molar-refractivity contribution in [3.05, 3.63) is 63.1 Å². The van der Waals surface area contributed by atoms with Gasteiger partial charge in [-0.2, -0.15) is 0 Å². The van der Waals surface area contributed by atoms with Crippen LogP contribution in [-0.2, 0) is 0 Å². The van der Waals surface area contributed by atoms with E-state index in [0.717, 1.165) is 5.56 Å². The second-order valence-electron chi connectivity index (χ2n) is 3.94. The van der Waals surface area contributed by atoms with E-state index in [1.807, 2.05) is 18.2 Å². The summed E-state index contributed by atoms with van der Waals surface area (Å²) < 4.78 is 5.81. The largest absolute Gasteiger partial charge is 0.484 e. The molecule has 0 aliphatic rings. The van der Waals surface area contributed by atoms with Crippen molar-refractivity contribution in [3.63, 3.8) is 0 Å². The third kappa shape index (κ3) is 3.54. The van der Waals surface area contributed by atoms with Crippen LogP contribution >= 0.6 is 34.8 Å². The maximum Gasteiger partial charge on any atom is 0.137 e. The van der Waals surface area contributed by atoms with Crippen molar-refractivity contribution in [3.8, 4) is 5.75 Å². The van der Waals surface area contributed by atoms with Crippen LogP contribution in [0.5, 0.6) is 5.75 Å². The van der Waals surface area contributed by atoms with Gasteiger partial charge in [0.1, 0.15) is 11.9 Å². The van der Waals surface area contributed by atoms with Crippen molar-refractivity contribution in [1.82, 2.24) is 0 Å². The fourth-order valence-corrected chi connectivity index (χ4v) is 2.23. The number of hydrogen-bond acceptors (Lipinski definition) is 2. The Morgan fingerprint density at radius 3 is 2.32 bits per heavy atom. The second kappa shape index (κ2) is 6.49. The van der Waals surface area contributed by atoms with Crippen molar-refractivity contribution < 1.29 is 4.74 Å². The minimum Gasteiger partial charge on any atom is -0.484 e. The molecular formula is C14H12Cl3NO. The zero-order chi connectivity index (χ0) is 13.8. The number of hydrogen-bond donors (Lipinski definition) is 1. The predicted octanol–water partition coefficient (Wildman–Crippen LogP) is 4.73.